The zero-order valence-corrected chi connectivity index (χ0v) is 12.5. The maximum absolute atomic E-state index is 11.0. The number of phenols is 1. The highest BCUT2D eigenvalue weighted by Gasteiger charge is 2.05. The number of hydrogen-bond donors (Lipinski definition) is 3. The van der Waals surface area contributed by atoms with Gasteiger partial charge < -0.3 is 15.7 Å². The Hall–Kier alpha value is -2.49. The van der Waals surface area contributed by atoms with Crippen LogP contribution in [0.5, 0.6) is 5.75 Å². The summed E-state index contributed by atoms with van der Waals surface area (Å²) in [5.41, 5.74) is 4.53. The zero-order valence-electron chi connectivity index (χ0n) is 12.5. The maximum atomic E-state index is 11.0. The molecule has 0 saturated carbocycles. The summed E-state index contributed by atoms with van der Waals surface area (Å²) in [5, 5.41) is 16.0. The van der Waals surface area contributed by atoms with Crippen LogP contribution in [0, 0.1) is 13.8 Å². The van der Waals surface area contributed by atoms with E-state index in [1.165, 1.54) is 6.92 Å². The number of carbonyl (C=O) groups is 1. The quantitative estimate of drug-likeness (QED) is 0.804. The van der Waals surface area contributed by atoms with Crippen molar-refractivity contribution in [3.63, 3.8) is 0 Å². The summed E-state index contributed by atoms with van der Waals surface area (Å²) in [6.07, 6.45) is 0. The number of phenolic OH excluding ortho intramolecular Hbond substituents is 1. The van der Waals surface area contributed by atoms with Gasteiger partial charge in [-0.3, -0.25) is 4.79 Å². The van der Waals surface area contributed by atoms with E-state index in [1.807, 2.05) is 50.2 Å². The molecule has 0 aliphatic rings. The number of benzene rings is 2. The van der Waals surface area contributed by atoms with Gasteiger partial charge in [0.15, 0.2) is 0 Å². The van der Waals surface area contributed by atoms with Crippen LogP contribution in [0.4, 0.5) is 11.4 Å². The normalized spacial score (nSPS) is 10.2. The van der Waals surface area contributed by atoms with Crippen molar-refractivity contribution >= 4 is 17.3 Å². The first kappa shape index (κ1) is 14.9. The topological polar surface area (TPSA) is 61.4 Å². The number of rotatable bonds is 4. The Kier molecular flexibility index (Phi) is 4.48. The number of aryl methyl sites for hydroxylation is 1. The van der Waals surface area contributed by atoms with Crippen LogP contribution in [0.15, 0.2) is 36.4 Å². The zero-order chi connectivity index (χ0) is 15.4. The second-order valence-electron chi connectivity index (χ2n) is 5.14. The molecule has 0 bridgehead atoms. The van der Waals surface area contributed by atoms with Crippen molar-refractivity contribution in [3.05, 3.63) is 53.1 Å². The minimum Gasteiger partial charge on any atom is -0.507 e. The van der Waals surface area contributed by atoms with Crippen LogP contribution in [0.1, 0.15) is 23.6 Å². The highest BCUT2D eigenvalue weighted by Crippen LogP contribution is 2.28. The van der Waals surface area contributed by atoms with E-state index in [-0.39, 0.29) is 5.91 Å². The molecule has 4 heteroatoms. The molecule has 0 heterocycles. The fourth-order valence-corrected chi connectivity index (χ4v) is 2.13. The van der Waals surface area contributed by atoms with Crippen molar-refractivity contribution < 1.29 is 9.90 Å². The van der Waals surface area contributed by atoms with Gasteiger partial charge in [-0.25, -0.2) is 0 Å². The highest BCUT2D eigenvalue weighted by atomic mass is 16.3. The molecule has 2 aromatic rings. The van der Waals surface area contributed by atoms with Crippen molar-refractivity contribution in [1.82, 2.24) is 0 Å². The Bertz CT molecular complexity index is 649. The number of nitrogens with one attached hydrogen (secondary N) is 2. The van der Waals surface area contributed by atoms with Gasteiger partial charge in [-0.05, 0) is 43.2 Å². The molecule has 0 saturated heterocycles. The van der Waals surface area contributed by atoms with Gasteiger partial charge in [0, 0.05) is 30.4 Å². The van der Waals surface area contributed by atoms with E-state index >= 15 is 0 Å². The second kappa shape index (κ2) is 6.31. The summed E-state index contributed by atoms with van der Waals surface area (Å²) in [7, 11) is 0. The molecule has 4 nitrogen and oxygen atoms in total. The van der Waals surface area contributed by atoms with E-state index in [0.29, 0.717) is 12.3 Å². The molecule has 0 spiro atoms. The largest absolute Gasteiger partial charge is 0.507 e. The van der Waals surface area contributed by atoms with Crippen LogP contribution in [0.2, 0.25) is 0 Å². The van der Waals surface area contributed by atoms with Gasteiger partial charge >= 0.3 is 0 Å². The average molecular weight is 284 g/mol. The Morgan fingerprint density at radius 2 is 1.76 bits per heavy atom. The molecule has 0 aliphatic heterocycles. The third-order valence-electron chi connectivity index (χ3n) is 3.39. The lowest BCUT2D eigenvalue weighted by Crippen LogP contribution is -2.06. The SMILES string of the molecule is CC(=O)Nc1ccc(CNc2ccc(C)c(O)c2C)cc1. The van der Waals surface area contributed by atoms with Gasteiger partial charge in [-0.1, -0.05) is 18.2 Å². The lowest BCUT2D eigenvalue weighted by Gasteiger charge is -2.12. The van der Waals surface area contributed by atoms with Crippen molar-refractivity contribution in [2.75, 3.05) is 10.6 Å². The summed E-state index contributed by atoms with van der Waals surface area (Å²) in [6.45, 7) is 5.92. The smallest absolute Gasteiger partial charge is 0.221 e. The molecule has 21 heavy (non-hydrogen) atoms. The number of aromatic hydroxyl groups is 1. The molecule has 2 aromatic carbocycles. The molecule has 1 amide bonds. The van der Waals surface area contributed by atoms with Crippen LogP contribution in [0.3, 0.4) is 0 Å². The Morgan fingerprint density at radius 1 is 1.10 bits per heavy atom. The summed E-state index contributed by atoms with van der Waals surface area (Å²) < 4.78 is 0. The summed E-state index contributed by atoms with van der Waals surface area (Å²) in [5.74, 6) is 0.257. The molecule has 2 rings (SSSR count). The summed E-state index contributed by atoms with van der Waals surface area (Å²) in [6, 6.07) is 11.5. The molecule has 3 N–H and O–H groups in total. The van der Waals surface area contributed by atoms with E-state index in [2.05, 4.69) is 10.6 Å². The molecule has 0 fully saturated rings. The average Bonchev–Trinajstić information content (AvgIpc) is 2.45. The Morgan fingerprint density at radius 3 is 2.38 bits per heavy atom. The van der Waals surface area contributed by atoms with Crippen LogP contribution >= 0.6 is 0 Å². The second-order valence-corrected chi connectivity index (χ2v) is 5.14. The summed E-state index contributed by atoms with van der Waals surface area (Å²) in [4.78, 5) is 11.0. The van der Waals surface area contributed by atoms with Crippen LogP contribution < -0.4 is 10.6 Å². The minimum atomic E-state index is -0.0772. The van der Waals surface area contributed by atoms with Crippen molar-refractivity contribution in [1.29, 1.82) is 0 Å². The number of carbonyl (C=O) groups excluding carboxylic acids is 1. The van der Waals surface area contributed by atoms with Crippen molar-refractivity contribution in [2.45, 2.75) is 27.3 Å². The van der Waals surface area contributed by atoms with Crippen LogP contribution in [-0.2, 0) is 11.3 Å². The molecule has 0 aliphatic carbocycles. The van der Waals surface area contributed by atoms with Gasteiger partial charge in [0.25, 0.3) is 0 Å². The molecule has 0 radical (unpaired) electrons. The third-order valence-corrected chi connectivity index (χ3v) is 3.39. The minimum absolute atomic E-state index is 0.0772. The fraction of sp³-hybridized carbons (Fsp3) is 0.235. The van der Waals surface area contributed by atoms with E-state index in [9.17, 15) is 9.90 Å². The first-order chi connectivity index (χ1) is 9.97. The predicted octanol–water partition coefficient (Wildman–Crippen LogP) is 3.58. The van der Waals surface area contributed by atoms with E-state index in [4.69, 9.17) is 0 Å². The van der Waals surface area contributed by atoms with Crippen molar-refractivity contribution in [3.8, 4) is 5.75 Å². The number of amides is 1. The van der Waals surface area contributed by atoms with E-state index in [1.54, 1.807) is 0 Å². The fourth-order valence-electron chi connectivity index (χ4n) is 2.13. The van der Waals surface area contributed by atoms with Crippen LogP contribution in [0.25, 0.3) is 0 Å². The predicted molar refractivity (Wildman–Crippen MR) is 85.7 cm³/mol. The van der Waals surface area contributed by atoms with E-state index < -0.39 is 0 Å². The van der Waals surface area contributed by atoms with E-state index in [0.717, 1.165) is 28.1 Å². The van der Waals surface area contributed by atoms with Gasteiger partial charge in [0.2, 0.25) is 5.91 Å². The van der Waals surface area contributed by atoms with Crippen LogP contribution in [-0.4, -0.2) is 11.0 Å². The monoisotopic (exact) mass is 284 g/mol. The lowest BCUT2D eigenvalue weighted by molar-refractivity contribution is -0.114. The number of anilines is 2. The van der Waals surface area contributed by atoms with Crippen molar-refractivity contribution in [2.24, 2.45) is 0 Å². The standard InChI is InChI=1S/C17H20N2O2/c1-11-4-9-16(12(2)17(11)21)18-10-14-5-7-15(8-6-14)19-13(3)20/h4-9,18,21H,10H2,1-3H3,(H,19,20). The van der Waals surface area contributed by atoms with Gasteiger partial charge in [0.05, 0.1) is 0 Å². The van der Waals surface area contributed by atoms with Gasteiger partial charge in [-0.15, -0.1) is 0 Å². The molecule has 110 valence electrons. The van der Waals surface area contributed by atoms with Gasteiger partial charge in [0.1, 0.15) is 5.75 Å². The molecular weight excluding hydrogens is 264 g/mol. The highest BCUT2D eigenvalue weighted by molar-refractivity contribution is 5.88. The van der Waals surface area contributed by atoms with Gasteiger partial charge in [-0.2, -0.15) is 0 Å². The number of hydrogen-bond acceptors (Lipinski definition) is 3. The lowest BCUT2D eigenvalue weighted by atomic mass is 10.1. The summed E-state index contributed by atoms with van der Waals surface area (Å²) >= 11 is 0. The molecule has 0 unspecified atom stereocenters. The molecule has 0 atom stereocenters. The Labute approximate surface area is 124 Å². The first-order valence-corrected chi connectivity index (χ1v) is 6.87. The molecule has 0 aromatic heterocycles. The maximum Gasteiger partial charge on any atom is 0.221 e. The molecular formula is C17H20N2O2. The Balaban J connectivity index is 2.03. The first-order valence-electron chi connectivity index (χ1n) is 6.87. The third kappa shape index (κ3) is 3.75.